The van der Waals surface area contributed by atoms with Crippen LogP contribution in [0.25, 0.3) is 0 Å². The normalized spacial score (nSPS) is 22.6. The molecule has 1 aromatic rings. The molecule has 0 aliphatic carbocycles. The molecule has 0 amide bonds. The van der Waals surface area contributed by atoms with Gasteiger partial charge in [-0.15, -0.1) is 0 Å². The van der Waals surface area contributed by atoms with Gasteiger partial charge >= 0.3 is 0 Å². The monoisotopic (exact) mass is 388 g/mol. The predicted molar refractivity (Wildman–Crippen MR) is 91.5 cm³/mol. The molecule has 2 N–H and O–H groups in total. The van der Waals surface area contributed by atoms with Crippen LogP contribution in [0, 0.1) is 5.92 Å². The van der Waals surface area contributed by atoms with Gasteiger partial charge in [-0.3, -0.25) is 4.90 Å². The average Bonchev–Trinajstić information content (AvgIpc) is 2.54. The minimum Gasteiger partial charge on any atom is -0.506 e. The molecule has 22 heavy (non-hydrogen) atoms. The highest BCUT2D eigenvalue weighted by atomic mass is 79.9. The number of halogens is 2. The highest BCUT2D eigenvalue weighted by Crippen LogP contribution is 2.43. The number of benzene rings is 1. The zero-order chi connectivity index (χ0) is 15.5. The first-order valence-electron chi connectivity index (χ1n) is 7.87. The number of hydrogen-bond donors (Lipinski definition) is 2. The average molecular weight is 390 g/mol. The Morgan fingerprint density at radius 3 is 2.64 bits per heavy atom. The van der Waals surface area contributed by atoms with Crippen molar-refractivity contribution in [2.75, 3.05) is 39.4 Å². The smallest absolute Gasteiger partial charge is 0.139 e. The molecule has 1 atom stereocenters. The van der Waals surface area contributed by atoms with Crippen molar-refractivity contribution in [1.82, 2.24) is 10.2 Å². The van der Waals surface area contributed by atoms with Gasteiger partial charge in [0.05, 0.1) is 5.02 Å². The van der Waals surface area contributed by atoms with Gasteiger partial charge in [-0.25, -0.2) is 0 Å². The molecule has 3 rings (SSSR count). The fourth-order valence-corrected chi connectivity index (χ4v) is 4.39. The third-order valence-electron chi connectivity index (χ3n) is 4.63. The summed E-state index contributed by atoms with van der Waals surface area (Å²) in [6.45, 7) is 5.56. The Labute approximate surface area is 144 Å². The van der Waals surface area contributed by atoms with E-state index in [1.54, 1.807) is 6.07 Å². The van der Waals surface area contributed by atoms with Gasteiger partial charge < -0.3 is 15.2 Å². The van der Waals surface area contributed by atoms with Crippen LogP contribution >= 0.6 is 27.5 Å². The number of phenols is 1. The molecule has 0 spiro atoms. The number of ether oxygens (including phenoxy) is 1. The maximum Gasteiger partial charge on any atom is 0.139 e. The molecule has 0 unspecified atom stereocenters. The quantitative estimate of drug-likeness (QED) is 0.833. The van der Waals surface area contributed by atoms with Crippen molar-refractivity contribution in [3.63, 3.8) is 0 Å². The molecule has 2 fully saturated rings. The van der Waals surface area contributed by atoms with Crippen LogP contribution in [-0.4, -0.2) is 49.4 Å². The van der Waals surface area contributed by atoms with Crippen LogP contribution in [0.1, 0.15) is 24.4 Å². The summed E-state index contributed by atoms with van der Waals surface area (Å²) in [6, 6.07) is 3.96. The zero-order valence-corrected chi connectivity index (χ0v) is 14.9. The van der Waals surface area contributed by atoms with Gasteiger partial charge in [0.1, 0.15) is 5.75 Å². The summed E-state index contributed by atoms with van der Waals surface area (Å²) in [5, 5.41) is 14.3. The van der Waals surface area contributed by atoms with Crippen molar-refractivity contribution in [3.8, 4) is 5.75 Å². The lowest BCUT2D eigenvalue weighted by atomic mass is 9.85. The molecule has 4 nitrogen and oxygen atoms in total. The van der Waals surface area contributed by atoms with Crippen LogP contribution in [0.5, 0.6) is 5.75 Å². The Balaban J connectivity index is 1.96. The molecule has 0 radical (unpaired) electrons. The summed E-state index contributed by atoms with van der Waals surface area (Å²) in [7, 11) is 0. The van der Waals surface area contributed by atoms with E-state index in [9.17, 15) is 5.11 Å². The van der Waals surface area contributed by atoms with E-state index in [1.165, 1.54) is 0 Å². The Morgan fingerprint density at radius 1 is 1.27 bits per heavy atom. The second kappa shape index (κ2) is 7.49. The van der Waals surface area contributed by atoms with Gasteiger partial charge in [-0.1, -0.05) is 27.5 Å². The lowest BCUT2D eigenvalue weighted by molar-refractivity contribution is 0.0206. The molecule has 0 bridgehead atoms. The molecule has 0 saturated carbocycles. The summed E-state index contributed by atoms with van der Waals surface area (Å²) in [4.78, 5) is 2.48. The number of nitrogens with one attached hydrogen (secondary N) is 1. The largest absolute Gasteiger partial charge is 0.506 e. The molecule has 2 aliphatic rings. The molecular formula is C16H22BrClN2O2. The Hall–Kier alpha value is -0.330. The van der Waals surface area contributed by atoms with Crippen LogP contribution in [0.4, 0.5) is 0 Å². The van der Waals surface area contributed by atoms with Crippen LogP contribution < -0.4 is 5.32 Å². The third-order valence-corrected chi connectivity index (χ3v) is 5.38. The molecule has 2 heterocycles. The highest BCUT2D eigenvalue weighted by molar-refractivity contribution is 9.10. The molecular weight excluding hydrogens is 368 g/mol. The second-order valence-electron chi connectivity index (χ2n) is 6.01. The lowest BCUT2D eigenvalue weighted by Crippen LogP contribution is -2.47. The van der Waals surface area contributed by atoms with Crippen molar-refractivity contribution in [1.29, 1.82) is 0 Å². The maximum absolute atomic E-state index is 10.5. The minimum atomic E-state index is 0.195. The van der Waals surface area contributed by atoms with Gasteiger partial charge in [-0.05, 0) is 30.9 Å². The van der Waals surface area contributed by atoms with Crippen molar-refractivity contribution in [3.05, 3.63) is 27.2 Å². The summed E-state index contributed by atoms with van der Waals surface area (Å²) >= 11 is 9.72. The Bertz CT molecular complexity index is 499. The van der Waals surface area contributed by atoms with Gasteiger partial charge in [0.2, 0.25) is 0 Å². The fourth-order valence-electron chi connectivity index (χ4n) is 3.55. The molecule has 2 aliphatic heterocycles. The second-order valence-corrected chi connectivity index (χ2v) is 7.33. The van der Waals surface area contributed by atoms with Crippen molar-refractivity contribution in [2.24, 2.45) is 5.92 Å². The Morgan fingerprint density at radius 2 is 1.95 bits per heavy atom. The zero-order valence-electron chi connectivity index (χ0n) is 12.5. The molecule has 2 saturated heterocycles. The van der Waals surface area contributed by atoms with E-state index in [0.29, 0.717) is 10.9 Å². The van der Waals surface area contributed by atoms with Gasteiger partial charge in [0.25, 0.3) is 0 Å². The van der Waals surface area contributed by atoms with Crippen molar-refractivity contribution >= 4 is 27.5 Å². The topological polar surface area (TPSA) is 44.7 Å². The molecule has 0 aromatic heterocycles. The SMILES string of the molecule is Oc1c(Cl)cc(Br)cc1[C@H](C1CCOCC1)N1CCNCC1. The number of phenolic OH excluding ortho intramolecular Hbond substituents is 1. The maximum atomic E-state index is 10.5. The number of nitrogens with zero attached hydrogens (tertiary/aromatic N) is 1. The van der Waals surface area contributed by atoms with Crippen molar-refractivity contribution < 1.29 is 9.84 Å². The van der Waals surface area contributed by atoms with Crippen LogP contribution in [0.3, 0.4) is 0 Å². The summed E-state index contributed by atoms with van der Waals surface area (Å²) in [5.74, 6) is 0.711. The fraction of sp³-hybridized carbons (Fsp3) is 0.625. The Kier molecular flexibility index (Phi) is 5.63. The van der Waals surface area contributed by atoms with Crippen molar-refractivity contribution in [2.45, 2.75) is 18.9 Å². The summed E-state index contributed by atoms with van der Waals surface area (Å²) < 4.78 is 6.44. The first-order valence-corrected chi connectivity index (χ1v) is 9.04. The van der Waals surface area contributed by atoms with E-state index in [4.69, 9.17) is 16.3 Å². The minimum absolute atomic E-state index is 0.195. The van der Waals surface area contributed by atoms with E-state index in [2.05, 4.69) is 26.1 Å². The molecule has 1 aromatic carbocycles. The van der Waals surface area contributed by atoms with E-state index >= 15 is 0 Å². The van der Waals surface area contributed by atoms with Crippen LogP contribution in [-0.2, 0) is 4.74 Å². The standard InChI is InChI=1S/C16H22BrClN2O2/c17-12-9-13(16(21)14(18)10-12)15(11-1-7-22-8-2-11)20-5-3-19-4-6-20/h9-11,15,19,21H,1-8H2/t15-/m0/s1. The van der Waals surface area contributed by atoms with Crippen LogP contribution in [0.2, 0.25) is 5.02 Å². The molecule has 6 heteroatoms. The third kappa shape index (κ3) is 3.60. The van der Waals surface area contributed by atoms with E-state index in [-0.39, 0.29) is 11.8 Å². The van der Waals surface area contributed by atoms with Crippen LogP contribution in [0.15, 0.2) is 16.6 Å². The van der Waals surface area contributed by atoms with E-state index < -0.39 is 0 Å². The first kappa shape index (κ1) is 16.5. The van der Waals surface area contributed by atoms with Gasteiger partial charge in [0, 0.05) is 55.5 Å². The van der Waals surface area contributed by atoms with E-state index in [0.717, 1.165) is 62.3 Å². The van der Waals surface area contributed by atoms with Gasteiger partial charge in [-0.2, -0.15) is 0 Å². The van der Waals surface area contributed by atoms with E-state index in [1.807, 2.05) is 6.07 Å². The number of hydrogen-bond acceptors (Lipinski definition) is 4. The number of aromatic hydroxyl groups is 1. The summed E-state index contributed by atoms with van der Waals surface area (Å²) in [5.41, 5.74) is 0.938. The first-order chi connectivity index (χ1) is 10.7. The number of piperazine rings is 1. The lowest BCUT2D eigenvalue weighted by Gasteiger charge is -2.41. The predicted octanol–water partition coefficient (Wildman–Crippen LogP) is 3.18. The molecule has 122 valence electrons. The number of rotatable bonds is 3. The van der Waals surface area contributed by atoms with Gasteiger partial charge in [0.15, 0.2) is 0 Å². The summed E-state index contributed by atoms with van der Waals surface area (Å²) in [6.07, 6.45) is 2.05. The highest BCUT2D eigenvalue weighted by Gasteiger charge is 2.33.